The van der Waals surface area contributed by atoms with Crippen molar-refractivity contribution in [3.8, 4) is 11.1 Å². The zero-order valence-electron chi connectivity index (χ0n) is 38.8. The van der Waals surface area contributed by atoms with E-state index >= 15 is 0 Å². The Balaban J connectivity index is 0.971. The lowest BCUT2D eigenvalue weighted by molar-refractivity contribution is 0.0900. The minimum atomic E-state index is 0.0231. The van der Waals surface area contributed by atoms with E-state index in [2.05, 4.69) is 226 Å². The standard InChI is InChI=1S/C63H48B2N4S/c1-5-17-42(18-6-1)43-34-57-63-61(35-43)70-60-39-56-52(38-53(60)65(63)51-26-14-16-28-55(51)67(57)44-19-7-2-8-20-44)64-50-25-13-15-27-54(50)68(45-21-9-3-10-22-45)58-36-49(66-47-30-40-29-41(32-47)33-48(66)31-40)37-59(62(58)64)69(56)46-23-11-4-12-24-46/h1-28,34-41,47-48H,29-33H2. The van der Waals surface area contributed by atoms with E-state index in [-0.39, 0.29) is 13.4 Å². The number of piperidine rings is 2. The Bertz CT molecular complexity index is 3560. The topological polar surface area (TPSA) is 13.0 Å². The summed E-state index contributed by atoms with van der Waals surface area (Å²) < 4.78 is 0. The predicted molar refractivity (Wildman–Crippen MR) is 296 cm³/mol. The highest BCUT2D eigenvalue weighted by Gasteiger charge is 2.50. The fraction of sp³-hybridized carbons (Fsp3) is 0.143. The second-order valence-corrected chi connectivity index (χ2v) is 21.9. The molecule has 0 radical (unpaired) electrons. The first-order chi connectivity index (χ1) is 34.7. The van der Waals surface area contributed by atoms with Gasteiger partial charge in [0, 0.05) is 78.7 Å². The number of para-hydroxylation sites is 5. The lowest BCUT2D eigenvalue weighted by atomic mass is 9.31. The summed E-state index contributed by atoms with van der Waals surface area (Å²) >= 11 is 1.96. The van der Waals surface area contributed by atoms with Crippen LogP contribution >= 0.6 is 11.8 Å². The van der Waals surface area contributed by atoms with Gasteiger partial charge in [0.1, 0.15) is 0 Å². The molecule has 332 valence electrons. The van der Waals surface area contributed by atoms with Crippen LogP contribution in [0.5, 0.6) is 0 Å². The van der Waals surface area contributed by atoms with Crippen LogP contribution in [0.15, 0.2) is 216 Å². The first-order valence-corrected chi connectivity index (χ1v) is 26.3. The zero-order valence-corrected chi connectivity index (χ0v) is 39.6. The van der Waals surface area contributed by atoms with E-state index in [4.69, 9.17) is 0 Å². The molecule has 8 aliphatic rings. The van der Waals surface area contributed by atoms with Crippen molar-refractivity contribution in [2.45, 2.75) is 54.0 Å². The Morgan fingerprint density at radius 2 is 0.800 bits per heavy atom. The normalized spacial score (nSPS) is 20.3. The average molecular weight is 915 g/mol. The molecule has 0 spiro atoms. The lowest BCUT2D eigenvalue weighted by Gasteiger charge is -2.58. The number of hydrogen-bond donors (Lipinski definition) is 0. The molecule has 4 nitrogen and oxygen atoms in total. The van der Waals surface area contributed by atoms with Gasteiger partial charge in [-0.1, -0.05) is 145 Å². The summed E-state index contributed by atoms with van der Waals surface area (Å²) in [6, 6.07) is 79.5. The van der Waals surface area contributed by atoms with Crippen LogP contribution in [0.2, 0.25) is 0 Å². The quantitative estimate of drug-likeness (QED) is 0.159. The zero-order chi connectivity index (χ0) is 45.6. The van der Waals surface area contributed by atoms with Crippen LogP contribution in [0.4, 0.5) is 56.9 Å². The predicted octanol–water partition coefficient (Wildman–Crippen LogP) is 12.0. The lowest BCUT2D eigenvalue weighted by Crippen LogP contribution is -2.64. The fourth-order valence-electron chi connectivity index (χ4n) is 14.6. The summed E-state index contributed by atoms with van der Waals surface area (Å²) in [5.41, 5.74) is 23.3. The maximum atomic E-state index is 2.90. The molecule has 17 rings (SSSR count). The number of anilines is 10. The maximum Gasteiger partial charge on any atom is 0.252 e. The van der Waals surface area contributed by atoms with Crippen LogP contribution in [0, 0.1) is 11.8 Å². The third-order valence-electron chi connectivity index (χ3n) is 17.1. The van der Waals surface area contributed by atoms with Crippen LogP contribution in [0.25, 0.3) is 11.1 Å². The Labute approximate surface area is 415 Å². The molecule has 0 amide bonds. The van der Waals surface area contributed by atoms with Crippen molar-refractivity contribution >= 4 is 115 Å². The molecular formula is C63H48B2N4S. The minimum Gasteiger partial charge on any atom is -0.365 e. The van der Waals surface area contributed by atoms with Crippen molar-refractivity contribution in [2.24, 2.45) is 11.8 Å². The molecule has 0 unspecified atom stereocenters. The second kappa shape index (κ2) is 15.1. The van der Waals surface area contributed by atoms with Gasteiger partial charge in [-0.05, 0) is 161 Å². The van der Waals surface area contributed by atoms with Crippen LogP contribution in [0.3, 0.4) is 0 Å². The number of hydrogen-bond acceptors (Lipinski definition) is 5. The summed E-state index contributed by atoms with van der Waals surface area (Å²) in [6.07, 6.45) is 6.73. The Morgan fingerprint density at radius 1 is 0.329 bits per heavy atom. The highest BCUT2D eigenvalue weighted by atomic mass is 32.2. The van der Waals surface area contributed by atoms with E-state index in [1.807, 2.05) is 11.8 Å². The largest absolute Gasteiger partial charge is 0.365 e. The summed E-state index contributed by atoms with van der Waals surface area (Å²) in [5, 5.41) is 0. The SMILES string of the molecule is c1ccc(-c2cc3c4c(c2)N(c2ccccc2)c2ccccc2B4c2cc4c(cc2S3)N(c2ccccc2)c2cc(N3C5CC6CC(C5)CC3C6)cc3c2B4c2ccccc2N3c2ccccc2)cc1. The number of benzene rings is 9. The molecule has 9 aromatic carbocycles. The molecule has 9 aromatic rings. The molecule has 2 saturated heterocycles. The third kappa shape index (κ3) is 5.70. The number of fused-ring (bicyclic) bond motifs is 8. The molecule has 2 aliphatic carbocycles. The van der Waals surface area contributed by atoms with Gasteiger partial charge in [-0.2, -0.15) is 0 Å². The van der Waals surface area contributed by atoms with Gasteiger partial charge in [0.15, 0.2) is 0 Å². The maximum absolute atomic E-state index is 2.90. The van der Waals surface area contributed by atoms with Crippen LogP contribution in [0.1, 0.15) is 32.1 Å². The Morgan fingerprint density at radius 3 is 1.36 bits per heavy atom. The van der Waals surface area contributed by atoms with Gasteiger partial charge in [0.05, 0.1) is 0 Å². The van der Waals surface area contributed by atoms with Crippen LogP contribution in [-0.4, -0.2) is 25.5 Å². The molecule has 0 atom stereocenters. The van der Waals surface area contributed by atoms with E-state index < -0.39 is 0 Å². The number of rotatable bonds is 5. The van der Waals surface area contributed by atoms with Gasteiger partial charge < -0.3 is 19.6 Å². The average Bonchev–Trinajstić information content (AvgIpc) is 3.41. The van der Waals surface area contributed by atoms with Crippen molar-refractivity contribution in [3.63, 3.8) is 0 Å². The van der Waals surface area contributed by atoms with Gasteiger partial charge >= 0.3 is 0 Å². The van der Waals surface area contributed by atoms with Crippen LogP contribution < -0.4 is 52.4 Å². The number of nitrogens with zero attached hydrogens (tertiary/aromatic N) is 4. The highest BCUT2D eigenvalue weighted by molar-refractivity contribution is 8.00. The van der Waals surface area contributed by atoms with E-state index in [1.165, 1.54) is 143 Å². The smallest absolute Gasteiger partial charge is 0.252 e. The molecule has 0 N–H and O–H groups in total. The van der Waals surface area contributed by atoms with E-state index in [9.17, 15) is 0 Å². The van der Waals surface area contributed by atoms with Crippen molar-refractivity contribution in [3.05, 3.63) is 206 Å². The monoisotopic (exact) mass is 914 g/mol. The van der Waals surface area contributed by atoms with Gasteiger partial charge in [-0.15, -0.1) is 0 Å². The third-order valence-corrected chi connectivity index (χ3v) is 18.2. The fourth-order valence-corrected chi connectivity index (χ4v) is 15.8. The summed E-state index contributed by atoms with van der Waals surface area (Å²) in [6.45, 7) is 0.0697. The van der Waals surface area contributed by atoms with E-state index in [1.54, 1.807) is 0 Å². The van der Waals surface area contributed by atoms with Crippen molar-refractivity contribution < 1.29 is 0 Å². The molecule has 6 aliphatic heterocycles. The van der Waals surface area contributed by atoms with Crippen LogP contribution in [-0.2, 0) is 0 Å². The van der Waals surface area contributed by atoms with Crippen molar-refractivity contribution in [1.29, 1.82) is 0 Å². The molecule has 70 heavy (non-hydrogen) atoms. The first kappa shape index (κ1) is 39.5. The molecule has 4 fully saturated rings. The van der Waals surface area contributed by atoms with Gasteiger partial charge in [-0.3, -0.25) is 0 Å². The van der Waals surface area contributed by atoms with Crippen molar-refractivity contribution in [2.75, 3.05) is 19.6 Å². The van der Waals surface area contributed by atoms with E-state index in [0.717, 1.165) is 11.8 Å². The van der Waals surface area contributed by atoms with Gasteiger partial charge in [0.2, 0.25) is 6.71 Å². The van der Waals surface area contributed by atoms with Gasteiger partial charge in [0.25, 0.3) is 6.71 Å². The molecule has 4 bridgehead atoms. The molecule has 7 heteroatoms. The summed E-state index contributed by atoms with van der Waals surface area (Å²) in [7, 11) is 0. The highest BCUT2D eigenvalue weighted by Crippen LogP contribution is 2.54. The second-order valence-electron chi connectivity index (χ2n) is 20.8. The first-order valence-electron chi connectivity index (χ1n) is 25.5. The van der Waals surface area contributed by atoms with E-state index in [0.29, 0.717) is 12.1 Å². The molecular weight excluding hydrogens is 866 g/mol. The van der Waals surface area contributed by atoms with Gasteiger partial charge in [-0.25, -0.2) is 0 Å². The summed E-state index contributed by atoms with van der Waals surface area (Å²) in [5.74, 6) is 1.76. The Hall–Kier alpha value is -7.34. The molecule has 6 heterocycles. The minimum absolute atomic E-state index is 0.0231. The molecule has 0 aromatic heterocycles. The van der Waals surface area contributed by atoms with Crippen molar-refractivity contribution in [1.82, 2.24) is 0 Å². The Kier molecular flexibility index (Phi) is 8.51. The molecule has 2 saturated carbocycles. The summed E-state index contributed by atoms with van der Waals surface area (Å²) in [4.78, 5) is 13.3.